The Bertz CT molecular complexity index is 929. The van der Waals surface area contributed by atoms with Gasteiger partial charge >= 0.3 is 5.97 Å². The molecule has 26 heavy (non-hydrogen) atoms. The highest BCUT2D eigenvalue weighted by atomic mass is 16.7. The van der Waals surface area contributed by atoms with Gasteiger partial charge in [-0.2, -0.15) is 0 Å². The molecule has 3 N–H and O–H groups in total. The van der Waals surface area contributed by atoms with Crippen LogP contribution in [0.25, 0.3) is 11.0 Å². The SMILES string of the molecule is CCCCOC1(C)Cc2oc3cc(O)c(O)c(C(=O)O)c3c(=O)c2CO1. The van der Waals surface area contributed by atoms with E-state index < -0.39 is 34.2 Å². The first-order chi connectivity index (χ1) is 12.3. The molecule has 0 radical (unpaired) electrons. The van der Waals surface area contributed by atoms with E-state index in [4.69, 9.17) is 13.9 Å². The van der Waals surface area contributed by atoms with Crippen LogP contribution in [0, 0.1) is 0 Å². The van der Waals surface area contributed by atoms with E-state index in [9.17, 15) is 24.9 Å². The first-order valence-electron chi connectivity index (χ1n) is 8.32. The highest BCUT2D eigenvalue weighted by Crippen LogP contribution is 2.37. The number of carboxylic acids is 1. The predicted octanol–water partition coefficient (Wildman–Crippen LogP) is 2.51. The van der Waals surface area contributed by atoms with Crippen molar-refractivity contribution in [3.05, 3.63) is 33.2 Å². The molecule has 1 aromatic heterocycles. The van der Waals surface area contributed by atoms with Gasteiger partial charge in [-0.1, -0.05) is 13.3 Å². The van der Waals surface area contributed by atoms with Gasteiger partial charge in [-0.05, 0) is 13.3 Å². The Hall–Kier alpha value is -2.58. The number of phenolic OH excluding ortho intramolecular Hbond substituents is 1. The van der Waals surface area contributed by atoms with Crippen molar-refractivity contribution in [1.29, 1.82) is 0 Å². The number of aromatic hydroxyl groups is 2. The van der Waals surface area contributed by atoms with Crippen molar-refractivity contribution in [2.24, 2.45) is 0 Å². The number of fused-ring (bicyclic) bond motifs is 2. The number of aromatic carboxylic acids is 1. The van der Waals surface area contributed by atoms with Crippen molar-refractivity contribution < 1.29 is 34.0 Å². The number of hydrogen-bond donors (Lipinski definition) is 3. The summed E-state index contributed by atoms with van der Waals surface area (Å²) in [4.78, 5) is 24.3. The number of ether oxygens (including phenoxy) is 2. The molecule has 8 heteroatoms. The van der Waals surface area contributed by atoms with Crippen LogP contribution in [0.5, 0.6) is 11.5 Å². The summed E-state index contributed by atoms with van der Waals surface area (Å²) in [5.74, 6) is -3.73. The molecule has 0 amide bonds. The molecule has 0 bridgehead atoms. The maximum atomic E-state index is 12.8. The average Bonchev–Trinajstić information content (AvgIpc) is 2.56. The second kappa shape index (κ2) is 6.62. The summed E-state index contributed by atoms with van der Waals surface area (Å²) >= 11 is 0. The van der Waals surface area contributed by atoms with Gasteiger partial charge < -0.3 is 29.2 Å². The Morgan fingerprint density at radius 1 is 1.38 bits per heavy atom. The molecule has 140 valence electrons. The van der Waals surface area contributed by atoms with Crippen LogP contribution in [0.2, 0.25) is 0 Å². The lowest BCUT2D eigenvalue weighted by molar-refractivity contribution is -0.240. The van der Waals surface area contributed by atoms with E-state index in [-0.39, 0.29) is 29.6 Å². The van der Waals surface area contributed by atoms with Crippen LogP contribution in [-0.2, 0) is 22.5 Å². The standard InChI is InChI=1S/C18H20O8/c1-3-4-5-24-18(2)7-12-9(8-25-18)15(20)13-11(26-12)6-10(19)16(21)14(13)17(22)23/h6,19,21H,3-5,7-8H2,1-2H3,(H,22,23). The summed E-state index contributed by atoms with van der Waals surface area (Å²) in [5, 5.41) is 28.6. The molecule has 1 atom stereocenters. The van der Waals surface area contributed by atoms with Crippen molar-refractivity contribution in [2.45, 2.75) is 45.5 Å². The molecule has 8 nitrogen and oxygen atoms in total. The van der Waals surface area contributed by atoms with Crippen LogP contribution in [-0.4, -0.2) is 33.7 Å². The van der Waals surface area contributed by atoms with Gasteiger partial charge in [0.05, 0.1) is 30.6 Å². The van der Waals surface area contributed by atoms with E-state index in [0.29, 0.717) is 12.4 Å². The third-order valence-corrected chi connectivity index (χ3v) is 4.44. The van der Waals surface area contributed by atoms with Gasteiger partial charge in [0, 0.05) is 6.07 Å². The number of unbranched alkanes of at least 4 members (excludes halogenated alkanes) is 1. The largest absolute Gasteiger partial charge is 0.504 e. The van der Waals surface area contributed by atoms with Crippen LogP contribution in [0.4, 0.5) is 0 Å². The molecular formula is C18H20O8. The Labute approximate surface area is 148 Å². The minimum atomic E-state index is -1.54. The molecular weight excluding hydrogens is 344 g/mol. The Morgan fingerprint density at radius 3 is 2.77 bits per heavy atom. The Kier molecular flexibility index (Phi) is 4.64. The minimum Gasteiger partial charge on any atom is -0.504 e. The van der Waals surface area contributed by atoms with Gasteiger partial charge in [0.25, 0.3) is 0 Å². The summed E-state index contributed by atoms with van der Waals surface area (Å²) in [6, 6.07) is 1.03. The Morgan fingerprint density at radius 2 is 2.12 bits per heavy atom. The molecule has 0 spiro atoms. The van der Waals surface area contributed by atoms with Gasteiger partial charge in [-0.3, -0.25) is 4.79 Å². The molecule has 3 rings (SSSR count). The second-order valence-electron chi connectivity index (χ2n) is 6.43. The van der Waals surface area contributed by atoms with Crippen molar-refractivity contribution in [3.63, 3.8) is 0 Å². The lowest BCUT2D eigenvalue weighted by atomic mass is 9.99. The zero-order chi connectivity index (χ0) is 19.1. The van der Waals surface area contributed by atoms with Gasteiger partial charge in [-0.25, -0.2) is 4.79 Å². The van der Waals surface area contributed by atoms with E-state index in [1.54, 1.807) is 6.92 Å². The molecule has 2 aromatic rings. The van der Waals surface area contributed by atoms with Gasteiger partial charge in [0.2, 0.25) is 0 Å². The third-order valence-electron chi connectivity index (χ3n) is 4.44. The number of hydrogen-bond acceptors (Lipinski definition) is 7. The number of carbonyl (C=O) groups is 1. The molecule has 1 unspecified atom stereocenters. The van der Waals surface area contributed by atoms with E-state index in [2.05, 4.69) is 0 Å². The first-order valence-corrected chi connectivity index (χ1v) is 8.32. The molecule has 0 fully saturated rings. The van der Waals surface area contributed by atoms with Crippen LogP contribution in [0.3, 0.4) is 0 Å². The van der Waals surface area contributed by atoms with E-state index >= 15 is 0 Å². The van der Waals surface area contributed by atoms with Gasteiger partial charge in [0.1, 0.15) is 16.9 Å². The van der Waals surface area contributed by atoms with Crippen molar-refractivity contribution >= 4 is 16.9 Å². The van der Waals surface area contributed by atoms with Crippen molar-refractivity contribution in [3.8, 4) is 11.5 Å². The van der Waals surface area contributed by atoms with Crippen molar-refractivity contribution in [2.75, 3.05) is 6.61 Å². The lowest BCUT2D eigenvalue weighted by Crippen LogP contribution is -2.40. The number of benzene rings is 1. The quantitative estimate of drug-likeness (QED) is 0.546. The van der Waals surface area contributed by atoms with Crippen LogP contribution < -0.4 is 5.43 Å². The zero-order valence-corrected chi connectivity index (χ0v) is 14.5. The molecule has 1 aromatic carbocycles. The average molecular weight is 364 g/mol. The number of rotatable bonds is 5. The second-order valence-corrected chi connectivity index (χ2v) is 6.43. The summed E-state index contributed by atoms with van der Waals surface area (Å²) in [6.07, 6.45) is 2.00. The fourth-order valence-electron chi connectivity index (χ4n) is 3.00. The summed E-state index contributed by atoms with van der Waals surface area (Å²) in [7, 11) is 0. The molecule has 1 aliphatic rings. The van der Waals surface area contributed by atoms with Crippen molar-refractivity contribution in [1.82, 2.24) is 0 Å². The molecule has 1 aliphatic heterocycles. The Balaban J connectivity index is 2.13. The molecule has 2 heterocycles. The minimum absolute atomic E-state index is 0.100. The summed E-state index contributed by atoms with van der Waals surface area (Å²) < 4.78 is 17.1. The van der Waals surface area contributed by atoms with Crippen LogP contribution in [0.15, 0.2) is 15.3 Å². The van der Waals surface area contributed by atoms with Crippen LogP contribution >= 0.6 is 0 Å². The highest BCUT2D eigenvalue weighted by Gasteiger charge is 2.36. The number of carboxylic acid groups (broad SMARTS) is 1. The van der Waals surface area contributed by atoms with Gasteiger partial charge in [0.15, 0.2) is 22.7 Å². The molecule has 0 aliphatic carbocycles. The lowest BCUT2D eigenvalue weighted by Gasteiger charge is -2.33. The smallest absolute Gasteiger partial charge is 0.340 e. The molecule has 0 saturated heterocycles. The molecule has 0 saturated carbocycles. The normalized spacial score (nSPS) is 19.5. The fraction of sp³-hybridized carbons (Fsp3) is 0.444. The van der Waals surface area contributed by atoms with Crippen LogP contribution in [0.1, 0.15) is 48.4 Å². The predicted molar refractivity (Wildman–Crippen MR) is 90.5 cm³/mol. The maximum Gasteiger partial charge on any atom is 0.340 e. The first kappa shape index (κ1) is 18.2. The van der Waals surface area contributed by atoms with Gasteiger partial charge in [-0.15, -0.1) is 0 Å². The van der Waals surface area contributed by atoms with E-state index in [0.717, 1.165) is 18.9 Å². The topological polar surface area (TPSA) is 126 Å². The highest BCUT2D eigenvalue weighted by molar-refractivity contribution is 6.06. The maximum absolute atomic E-state index is 12.8. The summed E-state index contributed by atoms with van der Waals surface area (Å²) in [6.45, 7) is 4.18. The van der Waals surface area contributed by atoms with E-state index in [1.165, 1.54) is 0 Å². The monoisotopic (exact) mass is 364 g/mol. The summed E-state index contributed by atoms with van der Waals surface area (Å²) in [5.41, 5.74) is -1.23. The third kappa shape index (κ3) is 3.02. The zero-order valence-electron chi connectivity index (χ0n) is 14.5. The van der Waals surface area contributed by atoms with E-state index in [1.807, 2.05) is 6.92 Å². The number of phenols is 2. The fourth-order valence-corrected chi connectivity index (χ4v) is 3.00.